The Bertz CT molecular complexity index is 148. The van der Waals surface area contributed by atoms with Gasteiger partial charge in [0.1, 0.15) is 5.84 Å². The molecule has 0 aromatic carbocycles. The smallest absolute Gasteiger partial charge is 0.143 e. The van der Waals surface area contributed by atoms with E-state index in [9.17, 15) is 0 Å². The van der Waals surface area contributed by atoms with Crippen molar-refractivity contribution in [3.05, 3.63) is 0 Å². The molecule has 0 heterocycles. The topological polar surface area (TPSA) is 90.9 Å². The molecule has 0 bridgehead atoms. The van der Waals surface area contributed by atoms with Crippen molar-refractivity contribution in [1.82, 2.24) is 5.32 Å². The Balaban J connectivity index is 3.51. The lowest BCUT2D eigenvalue weighted by atomic mass is 10.1. The standard InChI is InChI=1S/C7H17N3O2/c1-5(7(8)10-12)3-9-4-6(2)11/h5-6,9,11-12H,3-4H2,1-2H3,(H2,8,10). The van der Waals surface area contributed by atoms with Crippen LogP contribution in [-0.4, -0.2) is 35.3 Å². The van der Waals surface area contributed by atoms with Crippen molar-refractivity contribution < 1.29 is 10.3 Å². The highest BCUT2D eigenvalue weighted by atomic mass is 16.4. The molecular weight excluding hydrogens is 158 g/mol. The predicted molar refractivity (Wildman–Crippen MR) is 47.1 cm³/mol. The lowest BCUT2D eigenvalue weighted by Gasteiger charge is -2.11. The van der Waals surface area contributed by atoms with E-state index in [0.717, 1.165) is 0 Å². The normalized spacial score (nSPS) is 17.4. The molecule has 0 spiro atoms. The maximum atomic E-state index is 8.89. The Morgan fingerprint density at radius 2 is 2.08 bits per heavy atom. The van der Waals surface area contributed by atoms with Crippen LogP contribution in [0.1, 0.15) is 13.8 Å². The summed E-state index contributed by atoms with van der Waals surface area (Å²) >= 11 is 0. The van der Waals surface area contributed by atoms with Crippen LogP contribution in [0.15, 0.2) is 5.16 Å². The highest BCUT2D eigenvalue weighted by Crippen LogP contribution is 1.91. The summed E-state index contributed by atoms with van der Waals surface area (Å²) in [7, 11) is 0. The number of oxime groups is 1. The minimum absolute atomic E-state index is 0.0197. The van der Waals surface area contributed by atoms with Gasteiger partial charge >= 0.3 is 0 Å². The molecular formula is C7H17N3O2. The van der Waals surface area contributed by atoms with Gasteiger partial charge in [-0.05, 0) is 6.92 Å². The van der Waals surface area contributed by atoms with Crippen LogP contribution in [0.3, 0.4) is 0 Å². The lowest BCUT2D eigenvalue weighted by molar-refractivity contribution is 0.190. The number of amidine groups is 1. The Hall–Kier alpha value is -0.810. The fourth-order valence-corrected chi connectivity index (χ4v) is 0.712. The van der Waals surface area contributed by atoms with E-state index < -0.39 is 0 Å². The molecule has 0 aliphatic heterocycles. The third-order valence-electron chi connectivity index (χ3n) is 1.51. The van der Waals surface area contributed by atoms with E-state index in [1.165, 1.54) is 0 Å². The summed E-state index contributed by atoms with van der Waals surface area (Å²) < 4.78 is 0. The number of aliphatic hydroxyl groups is 1. The first kappa shape index (κ1) is 11.2. The van der Waals surface area contributed by atoms with E-state index in [0.29, 0.717) is 13.1 Å². The van der Waals surface area contributed by atoms with Gasteiger partial charge in [-0.15, -0.1) is 0 Å². The first-order valence-corrected chi connectivity index (χ1v) is 3.94. The maximum absolute atomic E-state index is 8.89. The van der Waals surface area contributed by atoms with Crippen LogP contribution in [-0.2, 0) is 0 Å². The molecule has 0 aromatic heterocycles. The average molecular weight is 175 g/mol. The van der Waals surface area contributed by atoms with Gasteiger partial charge in [-0.1, -0.05) is 12.1 Å². The van der Waals surface area contributed by atoms with E-state index in [1.807, 2.05) is 6.92 Å². The van der Waals surface area contributed by atoms with Crippen molar-refractivity contribution in [2.45, 2.75) is 20.0 Å². The van der Waals surface area contributed by atoms with Gasteiger partial charge in [0.15, 0.2) is 0 Å². The highest BCUT2D eigenvalue weighted by molar-refractivity contribution is 5.82. The van der Waals surface area contributed by atoms with Gasteiger partial charge in [0, 0.05) is 19.0 Å². The SMILES string of the molecule is CC(O)CNCC(C)C(N)=NO. The molecule has 0 aliphatic rings. The van der Waals surface area contributed by atoms with Gasteiger partial charge in [-0.3, -0.25) is 0 Å². The van der Waals surface area contributed by atoms with E-state index in [-0.39, 0.29) is 17.9 Å². The molecule has 0 radical (unpaired) electrons. The summed E-state index contributed by atoms with van der Waals surface area (Å²) in [5.74, 6) is 0.182. The molecule has 0 fully saturated rings. The zero-order valence-electron chi connectivity index (χ0n) is 7.49. The third kappa shape index (κ3) is 4.92. The Morgan fingerprint density at radius 3 is 2.50 bits per heavy atom. The molecule has 12 heavy (non-hydrogen) atoms. The van der Waals surface area contributed by atoms with E-state index in [1.54, 1.807) is 6.92 Å². The molecule has 0 rings (SSSR count). The van der Waals surface area contributed by atoms with E-state index in [4.69, 9.17) is 16.0 Å². The van der Waals surface area contributed by atoms with Gasteiger partial charge < -0.3 is 21.4 Å². The quantitative estimate of drug-likeness (QED) is 0.193. The van der Waals surface area contributed by atoms with Crippen LogP contribution in [0.2, 0.25) is 0 Å². The molecule has 72 valence electrons. The van der Waals surface area contributed by atoms with Crippen LogP contribution < -0.4 is 11.1 Å². The zero-order chi connectivity index (χ0) is 9.56. The minimum atomic E-state index is -0.371. The molecule has 5 nitrogen and oxygen atoms in total. The summed E-state index contributed by atoms with van der Waals surface area (Å²) in [6.45, 7) is 4.65. The van der Waals surface area contributed by atoms with E-state index in [2.05, 4.69) is 10.5 Å². The molecule has 0 aliphatic carbocycles. The fourth-order valence-electron chi connectivity index (χ4n) is 0.712. The van der Waals surface area contributed by atoms with Gasteiger partial charge in [0.05, 0.1) is 6.10 Å². The van der Waals surface area contributed by atoms with Gasteiger partial charge in [-0.25, -0.2) is 0 Å². The molecule has 5 heteroatoms. The number of hydrogen-bond donors (Lipinski definition) is 4. The van der Waals surface area contributed by atoms with Crippen molar-refractivity contribution in [2.75, 3.05) is 13.1 Å². The average Bonchev–Trinajstić information content (AvgIpc) is 2.02. The lowest BCUT2D eigenvalue weighted by Crippen LogP contribution is -2.34. The number of nitrogens with zero attached hydrogens (tertiary/aromatic N) is 1. The predicted octanol–water partition coefficient (Wildman–Crippen LogP) is -0.661. The van der Waals surface area contributed by atoms with Crippen LogP contribution in [0.4, 0.5) is 0 Å². The highest BCUT2D eigenvalue weighted by Gasteiger charge is 2.06. The maximum Gasteiger partial charge on any atom is 0.143 e. The van der Waals surface area contributed by atoms with Crippen LogP contribution in [0.25, 0.3) is 0 Å². The number of nitrogens with one attached hydrogen (secondary N) is 1. The second-order valence-electron chi connectivity index (χ2n) is 2.93. The van der Waals surface area contributed by atoms with Crippen molar-refractivity contribution in [2.24, 2.45) is 16.8 Å². The zero-order valence-corrected chi connectivity index (χ0v) is 7.49. The molecule has 0 saturated carbocycles. The molecule has 0 amide bonds. The Kier molecular flexibility index (Phi) is 5.40. The number of rotatable bonds is 5. The molecule has 0 aromatic rings. The second kappa shape index (κ2) is 5.79. The second-order valence-corrected chi connectivity index (χ2v) is 2.93. The summed E-state index contributed by atoms with van der Waals surface area (Å²) in [6.07, 6.45) is -0.371. The number of nitrogens with two attached hydrogens (primary N) is 1. The Morgan fingerprint density at radius 1 is 1.50 bits per heavy atom. The molecule has 2 atom stereocenters. The third-order valence-corrected chi connectivity index (χ3v) is 1.51. The number of aliphatic hydroxyl groups excluding tert-OH is 1. The summed E-state index contributed by atoms with van der Waals surface area (Å²) in [5.41, 5.74) is 5.33. The molecule has 0 saturated heterocycles. The van der Waals surface area contributed by atoms with Gasteiger partial charge in [0.2, 0.25) is 0 Å². The molecule has 2 unspecified atom stereocenters. The molecule has 5 N–H and O–H groups in total. The summed E-state index contributed by atoms with van der Waals surface area (Å²) in [6, 6.07) is 0. The summed E-state index contributed by atoms with van der Waals surface area (Å²) in [4.78, 5) is 0. The monoisotopic (exact) mass is 175 g/mol. The van der Waals surface area contributed by atoms with Crippen LogP contribution in [0.5, 0.6) is 0 Å². The first-order valence-electron chi connectivity index (χ1n) is 3.94. The Labute approximate surface area is 72.3 Å². The van der Waals surface area contributed by atoms with Crippen molar-refractivity contribution in [1.29, 1.82) is 0 Å². The fraction of sp³-hybridized carbons (Fsp3) is 0.857. The number of hydrogen-bond acceptors (Lipinski definition) is 4. The van der Waals surface area contributed by atoms with Crippen molar-refractivity contribution in [3.63, 3.8) is 0 Å². The summed E-state index contributed by atoms with van der Waals surface area (Å²) in [5, 5.41) is 23.0. The first-order chi connectivity index (χ1) is 5.57. The van der Waals surface area contributed by atoms with E-state index >= 15 is 0 Å². The van der Waals surface area contributed by atoms with Crippen molar-refractivity contribution in [3.8, 4) is 0 Å². The van der Waals surface area contributed by atoms with Gasteiger partial charge in [0.25, 0.3) is 0 Å². The van der Waals surface area contributed by atoms with Gasteiger partial charge in [-0.2, -0.15) is 0 Å². The van der Waals surface area contributed by atoms with Crippen LogP contribution >= 0.6 is 0 Å². The minimum Gasteiger partial charge on any atom is -0.409 e. The van der Waals surface area contributed by atoms with Crippen molar-refractivity contribution >= 4 is 5.84 Å². The van der Waals surface area contributed by atoms with Crippen LogP contribution in [0, 0.1) is 5.92 Å². The largest absolute Gasteiger partial charge is 0.409 e.